The zero-order chi connectivity index (χ0) is 13.4. The summed E-state index contributed by atoms with van der Waals surface area (Å²) in [6.07, 6.45) is 0. The Kier molecular flexibility index (Phi) is 3.40. The van der Waals surface area contributed by atoms with Crippen molar-refractivity contribution in [3.8, 4) is 0 Å². The second-order valence-electron chi connectivity index (χ2n) is 4.82. The molecule has 1 aliphatic rings. The lowest BCUT2D eigenvalue weighted by molar-refractivity contribution is 0.720. The summed E-state index contributed by atoms with van der Waals surface area (Å²) in [6, 6.07) is 13.9. The van der Waals surface area contributed by atoms with Crippen molar-refractivity contribution in [2.24, 2.45) is 5.73 Å². The van der Waals surface area contributed by atoms with Crippen molar-refractivity contribution in [3.05, 3.63) is 63.6 Å². The minimum absolute atomic E-state index is 0.0287. The van der Waals surface area contributed by atoms with Crippen molar-refractivity contribution >= 4 is 28.9 Å². The van der Waals surface area contributed by atoms with Crippen LogP contribution in [0.1, 0.15) is 17.2 Å². The van der Waals surface area contributed by atoms with Gasteiger partial charge < -0.3 is 10.6 Å². The highest BCUT2D eigenvalue weighted by Gasteiger charge is 2.25. The van der Waals surface area contributed by atoms with Crippen LogP contribution in [0.4, 0.5) is 5.69 Å². The summed E-state index contributed by atoms with van der Waals surface area (Å²) in [5.74, 6) is 0. The van der Waals surface area contributed by atoms with Crippen molar-refractivity contribution < 1.29 is 0 Å². The Labute approximate surface area is 122 Å². The Hall–Kier alpha value is -1.22. The monoisotopic (exact) mass is 292 g/mol. The second-order valence-corrected chi connectivity index (χ2v) is 5.69. The third kappa shape index (κ3) is 2.57. The molecule has 19 heavy (non-hydrogen) atoms. The van der Waals surface area contributed by atoms with Gasteiger partial charge in [-0.2, -0.15) is 0 Å². The van der Waals surface area contributed by atoms with Crippen LogP contribution in [-0.2, 0) is 6.54 Å². The average Bonchev–Trinajstić information content (AvgIpc) is 2.69. The first kappa shape index (κ1) is 12.8. The summed E-state index contributed by atoms with van der Waals surface area (Å²) in [6.45, 7) is 1.65. The Bertz CT molecular complexity index is 596. The molecule has 0 spiro atoms. The van der Waals surface area contributed by atoms with Gasteiger partial charge in [0.15, 0.2) is 0 Å². The van der Waals surface area contributed by atoms with Crippen molar-refractivity contribution in [2.75, 3.05) is 11.4 Å². The van der Waals surface area contributed by atoms with Crippen LogP contribution in [-0.4, -0.2) is 6.54 Å². The Morgan fingerprint density at radius 1 is 1.05 bits per heavy atom. The van der Waals surface area contributed by atoms with Crippen molar-refractivity contribution in [3.63, 3.8) is 0 Å². The van der Waals surface area contributed by atoms with E-state index < -0.39 is 0 Å². The molecule has 1 atom stereocenters. The predicted molar refractivity (Wildman–Crippen MR) is 80.9 cm³/mol. The molecule has 4 heteroatoms. The normalized spacial score (nSPS) is 17.6. The van der Waals surface area contributed by atoms with Crippen LogP contribution in [0.25, 0.3) is 0 Å². The number of hydrogen-bond acceptors (Lipinski definition) is 2. The molecule has 1 heterocycles. The van der Waals surface area contributed by atoms with E-state index in [1.807, 2.05) is 42.5 Å². The first-order valence-electron chi connectivity index (χ1n) is 6.18. The van der Waals surface area contributed by atoms with E-state index in [2.05, 4.69) is 4.90 Å². The molecule has 2 nitrogen and oxygen atoms in total. The molecule has 0 saturated heterocycles. The smallest absolute Gasteiger partial charge is 0.0494 e. The highest BCUT2D eigenvalue weighted by Crippen LogP contribution is 2.36. The first-order chi connectivity index (χ1) is 9.13. The molecule has 3 rings (SSSR count). The number of halogens is 2. The van der Waals surface area contributed by atoms with E-state index in [0.29, 0.717) is 0 Å². The number of benzene rings is 2. The number of hydrogen-bond donors (Lipinski definition) is 1. The van der Waals surface area contributed by atoms with E-state index in [9.17, 15) is 0 Å². The summed E-state index contributed by atoms with van der Waals surface area (Å²) < 4.78 is 0. The molecule has 2 N–H and O–H groups in total. The topological polar surface area (TPSA) is 29.3 Å². The molecule has 0 saturated carbocycles. The van der Waals surface area contributed by atoms with Gasteiger partial charge in [-0.3, -0.25) is 0 Å². The third-order valence-corrected chi connectivity index (χ3v) is 3.92. The van der Waals surface area contributed by atoms with Crippen LogP contribution in [0.3, 0.4) is 0 Å². The van der Waals surface area contributed by atoms with Crippen LogP contribution in [0, 0.1) is 0 Å². The number of anilines is 1. The van der Waals surface area contributed by atoms with E-state index in [-0.39, 0.29) is 6.04 Å². The minimum atomic E-state index is 0.0287. The summed E-state index contributed by atoms with van der Waals surface area (Å²) in [5, 5.41) is 1.50. The van der Waals surface area contributed by atoms with Gasteiger partial charge in [-0.05, 0) is 41.5 Å². The second kappa shape index (κ2) is 5.04. The molecular formula is C15H14Cl2N2. The van der Waals surface area contributed by atoms with Crippen molar-refractivity contribution in [1.82, 2.24) is 0 Å². The molecule has 0 amide bonds. The Morgan fingerprint density at radius 3 is 2.47 bits per heavy atom. The molecule has 2 aromatic carbocycles. The van der Waals surface area contributed by atoms with Gasteiger partial charge in [0.25, 0.3) is 0 Å². The third-order valence-electron chi connectivity index (χ3n) is 3.43. The largest absolute Gasteiger partial charge is 0.365 e. The molecule has 0 aromatic heterocycles. The van der Waals surface area contributed by atoms with Crippen molar-refractivity contribution in [2.45, 2.75) is 12.6 Å². The molecule has 0 fully saturated rings. The van der Waals surface area contributed by atoms with Crippen molar-refractivity contribution in [1.29, 1.82) is 0 Å². The SMILES string of the molecule is NC1CN(Cc2ccc(Cl)cc2)c2ccc(Cl)cc21. The lowest BCUT2D eigenvalue weighted by atomic mass is 10.1. The lowest BCUT2D eigenvalue weighted by Gasteiger charge is -2.19. The Balaban J connectivity index is 1.86. The fourth-order valence-corrected chi connectivity index (χ4v) is 2.81. The quantitative estimate of drug-likeness (QED) is 0.906. The molecule has 1 aliphatic heterocycles. The lowest BCUT2D eigenvalue weighted by Crippen LogP contribution is -2.23. The summed E-state index contributed by atoms with van der Waals surface area (Å²) in [7, 11) is 0. The maximum atomic E-state index is 6.16. The average molecular weight is 293 g/mol. The van der Waals surface area contributed by atoms with Gasteiger partial charge in [0, 0.05) is 34.9 Å². The van der Waals surface area contributed by atoms with E-state index in [1.165, 1.54) is 11.3 Å². The van der Waals surface area contributed by atoms with Gasteiger partial charge in [-0.1, -0.05) is 35.3 Å². The van der Waals surface area contributed by atoms with Gasteiger partial charge in [-0.25, -0.2) is 0 Å². The van der Waals surface area contributed by atoms with Gasteiger partial charge in [-0.15, -0.1) is 0 Å². The number of nitrogens with zero attached hydrogens (tertiary/aromatic N) is 1. The molecule has 0 bridgehead atoms. The zero-order valence-corrected chi connectivity index (χ0v) is 11.8. The van der Waals surface area contributed by atoms with Gasteiger partial charge >= 0.3 is 0 Å². The molecule has 0 aliphatic carbocycles. The van der Waals surface area contributed by atoms with E-state index in [1.54, 1.807) is 0 Å². The molecule has 98 valence electrons. The fourth-order valence-electron chi connectivity index (χ4n) is 2.50. The number of rotatable bonds is 2. The minimum Gasteiger partial charge on any atom is -0.365 e. The van der Waals surface area contributed by atoms with Gasteiger partial charge in [0.2, 0.25) is 0 Å². The Morgan fingerprint density at radius 2 is 1.74 bits per heavy atom. The van der Waals surface area contributed by atoms with Gasteiger partial charge in [0.05, 0.1) is 0 Å². The van der Waals surface area contributed by atoms with E-state index in [4.69, 9.17) is 28.9 Å². The summed E-state index contributed by atoms with van der Waals surface area (Å²) in [5.41, 5.74) is 9.68. The predicted octanol–water partition coefficient (Wildman–Crippen LogP) is 4.01. The maximum Gasteiger partial charge on any atom is 0.0494 e. The van der Waals surface area contributed by atoms with Crippen LogP contribution >= 0.6 is 23.2 Å². The highest BCUT2D eigenvalue weighted by atomic mass is 35.5. The molecule has 1 unspecified atom stereocenters. The zero-order valence-electron chi connectivity index (χ0n) is 10.3. The van der Waals surface area contributed by atoms with E-state index >= 15 is 0 Å². The standard InChI is InChI=1S/C15H14Cl2N2/c16-11-3-1-10(2-4-11)8-19-9-14(18)13-7-12(17)5-6-15(13)19/h1-7,14H,8-9,18H2. The summed E-state index contributed by atoms with van der Waals surface area (Å²) in [4.78, 5) is 2.28. The molecule has 0 radical (unpaired) electrons. The van der Waals surface area contributed by atoms with Crippen LogP contribution in [0.15, 0.2) is 42.5 Å². The van der Waals surface area contributed by atoms with E-state index in [0.717, 1.165) is 28.7 Å². The highest BCUT2D eigenvalue weighted by molar-refractivity contribution is 6.31. The van der Waals surface area contributed by atoms with Crippen LogP contribution in [0.2, 0.25) is 10.0 Å². The molecule has 2 aromatic rings. The maximum absolute atomic E-state index is 6.16. The first-order valence-corrected chi connectivity index (χ1v) is 6.93. The fraction of sp³-hybridized carbons (Fsp3) is 0.200. The molecular weight excluding hydrogens is 279 g/mol. The van der Waals surface area contributed by atoms with Crippen LogP contribution < -0.4 is 10.6 Å². The van der Waals surface area contributed by atoms with Crippen LogP contribution in [0.5, 0.6) is 0 Å². The van der Waals surface area contributed by atoms with Gasteiger partial charge in [0.1, 0.15) is 0 Å². The number of fused-ring (bicyclic) bond motifs is 1. The summed E-state index contributed by atoms with van der Waals surface area (Å²) >= 11 is 11.9. The number of nitrogens with two attached hydrogens (primary N) is 1.